The van der Waals surface area contributed by atoms with Crippen LogP contribution in [0.15, 0.2) is 39.6 Å². The minimum absolute atomic E-state index is 0.0155. The van der Waals surface area contributed by atoms with Crippen LogP contribution in [0.3, 0.4) is 0 Å². The summed E-state index contributed by atoms with van der Waals surface area (Å²) in [5.74, 6) is 0.369. The first-order valence-electron chi connectivity index (χ1n) is 8.95. The van der Waals surface area contributed by atoms with E-state index in [1.807, 2.05) is 0 Å². The fourth-order valence-electron chi connectivity index (χ4n) is 2.45. The van der Waals surface area contributed by atoms with Crippen molar-refractivity contribution >= 4 is 6.08 Å². The van der Waals surface area contributed by atoms with E-state index in [1.54, 1.807) is 31.2 Å². The molecule has 7 heteroatoms. The number of rotatable bonds is 10. The fourth-order valence-corrected chi connectivity index (χ4v) is 2.45. The van der Waals surface area contributed by atoms with Crippen LogP contribution in [0.4, 0.5) is 4.39 Å². The third kappa shape index (κ3) is 5.96. The molecule has 6 nitrogen and oxygen atoms in total. The summed E-state index contributed by atoms with van der Waals surface area (Å²) in [6.45, 7) is 2.17. The van der Waals surface area contributed by atoms with E-state index in [0.717, 1.165) is 12.8 Å². The SMILES string of the molecule is CC=Cc1oc(CO)cc(=O)c1OCCCCCOc1ccc(C#N)c(F)c1. The molecule has 0 aliphatic carbocycles. The van der Waals surface area contributed by atoms with E-state index in [4.69, 9.17) is 24.3 Å². The number of aliphatic hydroxyl groups is 1. The number of allylic oxidation sites excluding steroid dienone is 1. The van der Waals surface area contributed by atoms with Gasteiger partial charge < -0.3 is 19.0 Å². The number of hydrogen-bond donors (Lipinski definition) is 1. The number of halogens is 1. The predicted molar refractivity (Wildman–Crippen MR) is 102 cm³/mol. The summed E-state index contributed by atoms with van der Waals surface area (Å²) in [5, 5.41) is 17.8. The first-order chi connectivity index (χ1) is 13.6. The molecule has 28 heavy (non-hydrogen) atoms. The monoisotopic (exact) mass is 387 g/mol. The van der Waals surface area contributed by atoms with E-state index < -0.39 is 5.82 Å². The van der Waals surface area contributed by atoms with Gasteiger partial charge >= 0.3 is 0 Å². The van der Waals surface area contributed by atoms with E-state index in [9.17, 15) is 9.18 Å². The highest BCUT2D eigenvalue weighted by atomic mass is 19.1. The van der Waals surface area contributed by atoms with Crippen molar-refractivity contribution in [1.29, 1.82) is 5.26 Å². The van der Waals surface area contributed by atoms with Crippen molar-refractivity contribution in [2.24, 2.45) is 0 Å². The van der Waals surface area contributed by atoms with E-state index in [2.05, 4.69) is 0 Å². The maximum Gasteiger partial charge on any atom is 0.227 e. The Bertz CT molecular complexity index is 914. The van der Waals surface area contributed by atoms with Gasteiger partial charge in [-0.15, -0.1) is 0 Å². The van der Waals surface area contributed by atoms with Crippen LogP contribution < -0.4 is 14.9 Å². The van der Waals surface area contributed by atoms with Crippen molar-refractivity contribution in [3.63, 3.8) is 0 Å². The number of nitriles is 1. The van der Waals surface area contributed by atoms with Crippen molar-refractivity contribution in [1.82, 2.24) is 0 Å². The van der Waals surface area contributed by atoms with Crippen LogP contribution in [0.2, 0.25) is 0 Å². The van der Waals surface area contributed by atoms with Gasteiger partial charge in [0, 0.05) is 12.1 Å². The molecule has 0 amide bonds. The smallest absolute Gasteiger partial charge is 0.227 e. The zero-order valence-electron chi connectivity index (χ0n) is 15.6. The lowest BCUT2D eigenvalue weighted by molar-refractivity contribution is 0.234. The maximum atomic E-state index is 13.5. The minimum atomic E-state index is -0.601. The number of unbranched alkanes of at least 4 members (excludes halogenated alkanes) is 2. The van der Waals surface area contributed by atoms with Gasteiger partial charge in [0.15, 0.2) is 5.76 Å². The summed E-state index contributed by atoms with van der Waals surface area (Å²) in [7, 11) is 0. The van der Waals surface area contributed by atoms with Gasteiger partial charge in [0.25, 0.3) is 0 Å². The first kappa shape index (κ1) is 21.2. The Labute approximate surface area is 162 Å². The van der Waals surface area contributed by atoms with Gasteiger partial charge in [-0.3, -0.25) is 4.79 Å². The normalized spacial score (nSPS) is 10.8. The molecule has 1 heterocycles. The Hall–Kier alpha value is -3.11. The average Bonchev–Trinajstić information content (AvgIpc) is 2.69. The van der Waals surface area contributed by atoms with Gasteiger partial charge in [0.1, 0.15) is 30.0 Å². The number of ether oxygens (including phenoxy) is 2. The largest absolute Gasteiger partial charge is 0.493 e. The van der Waals surface area contributed by atoms with Gasteiger partial charge in [0.2, 0.25) is 11.2 Å². The maximum absolute atomic E-state index is 13.5. The van der Waals surface area contributed by atoms with Crippen LogP contribution in [0.25, 0.3) is 6.08 Å². The average molecular weight is 387 g/mol. The van der Waals surface area contributed by atoms with E-state index in [-0.39, 0.29) is 34.9 Å². The molecule has 1 aromatic carbocycles. The van der Waals surface area contributed by atoms with Crippen molar-refractivity contribution < 1.29 is 23.4 Å². The van der Waals surface area contributed by atoms with Crippen molar-refractivity contribution in [2.45, 2.75) is 32.8 Å². The van der Waals surface area contributed by atoms with Crippen LogP contribution in [-0.2, 0) is 6.61 Å². The lowest BCUT2D eigenvalue weighted by Gasteiger charge is -2.09. The van der Waals surface area contributed by atoms with Gasteiger partial charge in [-0.2, -0.15) is 5.26 Å². The molecule has 0 saturated heterocycles. The number of aliphatic hydroxyl groups excluding tert-OH is 1. The molecule has 2 rings (SSSR count). The second-order valence-electron chi connectivity index (χ2n) is 5.94. The Morgan fingerprint density at radius 3 is 2.61 bits per heavy atom. The molecule has 0 aliphatic heterocycles. The van der Waals surface area contributed by atoms with Crippen molar-refractivity contribution in [3.05, 3.63) is 63.5 Å². The highest BCUT2D eigenvalue weighted by molar-refractivity contribution is 5.50. The standard InChI is InChI=1S/C21H22FNO5/c1-2-6-20-21(19(25)12-17(14-24)28-20)27-10-5-3-4-9-26-16-8-7-15(13-23)18(22)11-16/h2,6-8,11-12,24H,3-5,9-10,14H2,1H3. The Kier molecular flexibility index (Phi) is 8.25. The Morgan fingerprint density at radius 1 is 1.21 bits per heavy atom. The highest BCUT2D eigenvalue weighted by Crippen LogP contribution is 2.18. The summed E-state index contributed by atoms with van der Waals surface area (Å²) in [6, 6.07) is 7.11. The molecule has 0 atom stereocenters. The molecule has 2 aromatic rings. The van der Waals surface area contributed by atoms with Crippen molar-refractivity contribution in [3.8, 4) is 17.6 Å². The predicted octanol–water partition coefficient (Wildman–Crippen LogP) is 3.80. The summed E-state index contributed by atoms with van der Waals surface area (Å²) < 4.78 is 29.9. The molecule has 0 bridgehead atoms. The van der Waals surface area contributed by atoms with E-state index in [1.165, 1.54) is 18.2 Å². The molecule has 0 spiro atoms. The zero-order valence-corrected chi connectivity index (χ0v) is 15.6. The Morgan fingerprint density at radius 2 is 1.96 bits per heavy atom. The summed E-state index contributed by atoms with van der Waals surface area (Å²) in [5.41, 5.74) is -0.354. The lowest BCUT2D eigenvalue weighted by Crippen LogP contribution is -2.11. The number of benzene rings is 1. The van der Waals surface area contributed by atoms with Crippen LogP contribution in [0.5, 0.6) is 11.5 Å². The Balaban J connectivity index is 1.76. The van der Waals surface area contributed by atoms with Gasteiger partial charge in [-0.25, -0.2) is 4.39 Å². The second kappa shape index (κ2) is 10.9. The molecule has 0 saturated carbocycles. The molecular weight excluding hydrogens is 365 g/mol. The molecule has 148 valence electrons. The zero-order chi connectivity index (χ0) is 20.4. The summed E-state index contributed by atoms with van der Waals surface area (Å²) in [6.07, 6.45) is 5.54. The summed E-state index contributed by atoms with van der Waals surface area (Å²) in [4.78, 5) is 12.1. The third-order valence-electron chi connectivity index (χ3n) is 3.82. The van der Waals surface area contributed by atoms with Crippen molar-refractivity contribution in [2.75, 3.05) is 13.2 Å². The number of hydrogen-bond acceptors (Lipinski definition) is 6. The van der Waals surface area contributed by atoms with Gasteiger partial charge in [-0.1, -0.05) is 6.08 Å². The van der Waals surface area contributed by atoms with Crippen LogP contribution >= 0.6 is 0 Å². The van der Waals surface area contributed by atoms with Gasteiger partial charge in [-0.05, 0) is 44.4 Å². The second-order valence-corrected chi connectivity index (χ2v) is 5.94. The third-order valence-corrected chi connectivity index (χ3v) is 3.82. The first-order valence-corrected chi connectivity index (χ1v) is 8.95. The van der Waals surface area contributed by atoms with Gasteiger partial charge in [0.05, 0.1) is 18.8 Å². The quantitative estimate of drug-likeness (QED) is 0.623. The molecule has 1 aromatic heterocycles. The molecule has 0 unspecified atom stereocenters. The molecule has 0 fully saturated rings. The van der Waals surface area contributed by atoms with Crippen LogP contribution in [0.1, 0.15) is 43.3 Å². The number of nitrogens with zero attached hydrogens (tertiary/aromatic N) is 1. The van der Waals surface area contributed by atoms with Crippen LogP contribution in [0, 0.1) is 17.1 Å². The summed E-state index contributed by atoms with van der Waals surface area (Å²) >= 11 is 0. The molecular formula is C21H22FNO5. The fraction of sp³-hybridized carbons (Fsp3) is 0.333. The molecule has 1 N–H and O–H groups in total. The van der Waals surface area contributed by atoms with Crippen LogP contribution in [-0.4, -0.2) is 18.3 Å². The molecule has 0 radical (unpaired) electrons. The minimum Gasteiger partial charge on any atom is -0.493 e. The van der Waals surface area contributed by atoms with E-state index >= 15 is 0 Å². The topological polar surface area (TPSA) is 92.7 Å². The van der Waals surface area contributed by atoms with E-state index in [0.29, 0.717) is 25.4 Å². The lowest BCUT2D eigenvalue weighted by atomic mass is 10.2. The highest BCUT2D eigenvalue weighted by Gasteiger charge is 2.11. The molecule has 0 aliphatic rings.